The van der Waals surface area contributed by atoms with Crippen molar-refractivity contribution in [2.45, 2.75) is 20.3 Å². The van der Waals surface area contributed by atoms with E-state index < -0.39 is 0 Å². The minimum absolute atomic E-state index is 0.000577. The Morgan fingerprint density at radius 3 is 2.46 bits per heavy atom. The number of anilines is 2. The van der Waals surface area contributed by atoms with Crippen LogP contribution in [0.4, 0.5) is 16.2 Å². The molecule has 2 aromatic rings. The van der Waals surface area contributed by atoms with E-state index in [1.165, 1.54) is 0 Å². The molecule has 0 fully saturated rings. The molecule has 0 unspecified atom stereocenters. The zero-order valence-electron chi connectivity index (χ0n) is 16.4. The largest absolute Gasteiger partial charge is 0.497 e. The van der Waals surface area contributed by atoms with E-state index in [9.17, 15) is 9.59 Å². The highest BCUT2D eigenvalue weighted by Gasteiger charge is 2.16. The predicted molar refractivity (Wildman–Crippen MR) is 113 cm³/mol. The average Bonchev–Trinajstić information content (AvgIpc) is 2.67. The van der Waals surface area contributed by atoms with Crippen molar-refractivity contribution in [3.8, 4) is 5.75 Å². The molecule has 6 nitrogen and oxygen atoms in total. The molecule has 0 bridgehead atoms. The van der Waals surface area contributed by atoms with Crippen LogP contribution in [0.1, 0.15) is 20.3 Å². The smallest absolute Gasteiger partial charge is 0.326 e. The molecule has 0 aliphatic rings. The predicted octanol–water partition coefficient (Wildman–Crippen LogP) is 4.55. The zero-order chi connectivity index (χ0) is 20.5. The Balaban J connectivity index is 2.08. The van der Waals surface area contributed by atoms with Gasteiger partial charge >= 0.3 is 6.03 Å². The Hall–Kier alpha value is -2.73. The van der Waals surface area contributed by atoms with Gasteiger partial charge in [-0.2, -0.15) is 0 Å². The van der Waals surface area contributed by atoms with Crippen molar-refractivity contribution in [3.63, 3.8) is 0 Å². The molecule has 2 aromatic carbocycles. The Kier molecular flexibility index (Phi) is 8.14. The number of amides is 3. The highest BCUT2D eigenvalue weighted by atomic mass is 35.5. The lowest BCUT2D eigenvalue weighted by Crippen LogP contribution is -2.38. The van der Waals surface area contributed by atoms with Crippen LogP contribution in [0.5, 0.6) is 5.75 Å². The highest BCUT2D eigenvalue weighted by molar-refractivity contribution is 6.30. The van der Waals surface area contributed by atoms with Crippen LogP contribution in [0, 0.1) is 5.92 Å². The third-order valence-electron chi connectivity index (χ3n) is 4.09. The molecule has 0 saturated carbocycles. The van der Waals surface area contributed by atoms with Gasteiger partial charge in [0.2, 0.25) is 5.91 Å². The molecule has 7 heteroatoms. The molecular formula is C21H26ClN3O3. The molecular weight excluding hydrogens is 378 g/mol. The van der Waals surface area contributed by atoms with E-state index in [2.05, 4.69) is 10.6 Å². The van der Waals surface area contributed by atoms with Gasteiger partial charge in [0, 0.05) is 35.4 Å². The van der Waals surface area contributed by atoms with Crippen molar-refractivity contribution in [3.05, 3.63) is 53.6 Å². The summed E-state index contributed by atoms with van der Waals surface area (Å²) in [5.74, 6) is 0.645. The van der Waals surface area contributed by atoms with Crippen molar-refractivity contribution in [2.75, 3.05) is 30.4 Å². The third-order valence-corrected chi connectivity index (χ3v) is 4.32. The summed E-state index contributed by atoms with van der Waals surface area (Å²) < 4.78 is 5.18. The van der Waals surface area contributed by atoms with Crippen LogP contribution in [0.15, 0.2) is 48.5 Å². The Morgan fingerprint density at radius 2 is 1.86 bits per heavy atom. The van der Waals surface area contributed by atoms with Crippen molar-refractivity contribution >= 4 is 34.9 Å². The average molecular weight is 404 g/mol. The van der Waals surface area contributed by atoms with Gasteiger partial charge in [-0.1, -0.05) is 31.5 Å². The van der Waals surface area contributed by atoms with E-state index in [4.69, 9.17) is 16.3 Å². The Morgan fingerprint density at radius 1 is 1.14 bits per heavy atom. The fourth-order valence-corrected chi connectivity index (χ4v) is 2.71. The summed E-state index contributed by atoms with van der Waals surface area (Å²) >= 11 is 6.00. The van der Waals surface area contributed by atoms with Crippen LogP contribution in [0.2, 0.25) is 5.02 Å². The quantitative estimate of drug-likeness (QED) is 0.635. The molecule has 0 saturated heterocycles. The highest BCUT2D eigenvalue weighted by Crippen LogP contribution is 2.21. The number of urea groups is 1. The van der Waals surface area contributed by atoms with Crippen LogP contribution in [-0.4, -0.2) is 32.1 Å². The molecule has 2 N–H and O–H groups in total. The van der Waals surface area contributed by atoms with Crippen LogP contribution in [0.25, 0.3) is 0 Å². The molecule has 0 spiro atoms. The first-order valence-corrected chi connectivity index (χ1v) is 9.54. The van der Waals surface area contributed by atoms with Crippen molar-refractivity contribution in [1.82, 2.24) is 5.32 Å². The first-order chi connectivity index (χ1) is 13.4. The number of methoxy groups -OCH3 is 1. The van der Waals surface area contributed by atoms with E-state index >= 15 is 0 Å². The maximum absolute atomic E-state index is 12.9. The Labute approximate surface area is 170 Å². The van der Waals surface area contributed by atoms with E-state index in [0.717, 1.165) is 5.69 Å². The summed E-state index contributed by atoms with van der Waals surface area (Å²) in [7, 11) is 1.59. The topological polar surface area (TPSA) is 70.7 Å². The number of ether oxygens (including phenoxy) is 1. The molecule has 150 valence electrons. The van der Waals surface area contributed by atoms with Gasteiger partial charge in [-0.15, -0.1) is 0 Å². The summed E-state index contributed by atoms with van der Waals surface area (Å²) in [5.41, 5.74) is 1.35. The molecule has 28 heavy (non-hydrogen) atoms. The van der Waals surface area contributed by atoms with Gasteiger partial charge in [-0.25, -0.2) is 4.79 Å². The van der Waals surface area contributed by atoms with Gasteiger partial charge in [-0.05, 0) is 48.9 Å². The molecule has 2 rings (SSSR count). The number of rotatable bonds is 8. The summed E-state index contributed by atoms with van der Waals surface area (Å²) in [4.78, 5) is 26.2. The minimum atomic E-state index is -0.275. The molecule has 0 heterocycles. The first-order valence-electron chi connectivity index (χ1n) is 9.16. The fraction of sp³-hybridized carbons (Fsp3) is 0.333. The summed E-state index contributed by atoms with van der Waals surface area (Å²) in [5, 5.41) is 6.28. The van der Waals surface area contributed by atoms with Crippen molar-refractivity contribution in [1.29, 1.82) is 0 Å². The van der Waals surface area contributed by atoms with Gasteiger partial charge in [0.25, 0.3) is 0 Å². The van der Waals surface area contributed by atoms with Crippen LogP contribution >= 0.6 is 11.6 Å². The van der Waals surface area contributed by atoms with Gasteiger partial charge < -0.3 is 15.4 Å². The van der Waals surface area contributed by atoms with Gasteiger partial charge in [0.15, 0.2) is 0 Å². The number of benzene rings is 2. The fourth-order valence-electron chi connectivity index (χ4n) is 2.52. The van der Waals surface area contributed by atoms with E-state index in [0.29, 0.717) is 36.0 Å². The molecule has 0 aliphatic carbocycles. The minimum Gasteiger partial charge on any atom is -0.497 e. The van der Waals surface area contributed by atoms with Crippen LogP contribution < -0.4 is 20.3 Å². The normalized spacial score (nSPS) is 10.5. The molecule has 0 aliphatic heterocycles. The number of nitrogens with zero attached hydrogens (tertiary/aromatic N) is 1. The maximum Gasteiger partial charge on any atom is 0.326 e. The number of carbonyl (C=O) groups excluding carboxylic acids is 2. The lowest BCUT2D eigenvalue weighted by molar-refractivity contribution is -0.123. The SMILES string of the molecule is COc1ccc(N(CCCNC(=O)C(C)C)C(=O)Nc2cccc(Cl)c2)cc1. The second kappa shape index (κ2) is 10.6. The standard InChI is InChI=1S/C21H26ClN3O3/c1-15(2)20(26)23-12-5-13-25(18-8-10-19(28-3)11-9-18)21(27)24-17-7-4-6-16(22)14-17/h4,6-11,14-15H,5,12-13H2,1-3H3,(H,23,26)(H,24,27). The van der Waals surface area contributed by atoms with Crippen molar-refractivity contribution in [2.24, 2.45) is 5.92 Å². The van der Waals surface area contributed by atoms with Crippen LogP contribution in [-0.2, 0) is 4.79 Å². The molecule has 0 atom stereocenters. The maximum atomic E-state index is 12.9. The summed E-state index contributed by atoms with van der Waals surface area (Å²) in [6.07, 6.45) is 0.619. The first kappa shape index (κ1) is 21.6. The number of hydrogen-bond donors (Lipinski definition) is 2. The lowest BCUT2D eigenvalue weighted by Gasteiger charge is -2.24. The van der Waals surface area contributed by atoms with Gasteiger partial charge in [0.1, 0.15) is 5.75 Å². The second-order valence-electron chi connectivity index (χ2n) is 6.59. The number of nitrogens with one attached hydrogen (secondary N) is 2. The van der Waals surface area contributed by atoms with Gasteiger partial charge in [0.05, 0.1) is 7.11 Å². The Bertz CT molecular complexity index is 794. The van der Waals surface area contributed by atoms with Crippen molar-refractivity contribution < 1.29 is 14.3 Å². The molecule has 0 radical (unpaired) electrons. The lowest BCUT2D eigenvalue weighted by atomic mass is 10.2. The van der Waals surface area contributed by atoms with E-state index in [1.807, 2.05) is 26.0 Å². The molecule has 0 aromatic heterocycles. The van der Waals surface area contributed by atoms with Gasteiger partial charge in [-0.3, -0.25) is 9.69 Å². The number of hydrogen-bond acceptors (Lipinski definition) is 3. The third kappa shape index (κ3) is 6.46. The molecule has 3 amide bonds. The number of carbonyl (C=O) groups is 2. The van der Waals surface area contributed by atoms with E-state index in [-0.39, 0.29) is 17.9 Å². The zero-order valence-corrected chi connectivity index (χ0v) is 17.1. The summed E-state index contributed by atoms with van der Waals surface area (Å²) in [6.45, 7) is 4.63. The van der Waals surface area contributed by atoms with Crippen LogP contribution in [0.3, 0.4) is 0 Å². The monoisotopic (exact) mass is 403 g/mol. The van der Waals surface area contributed by atoms with E-state index in [1.54, 1.807) is 48.4 Å². The second-order valence-corrected chi connectivity index (χ2v) is 7.03. The number of halogens is 1. The summed E-state index contributed by atoms with van der Waals surface area (Å²) in [6, 6.07) is 14.0.